The highest BCUT2D eigenvalue weighted by Crippen LogP contribution is 2.09. The van der Waals surface area contributed by atoms with E-state index in [4.69, 9.17) is 5.11 Å². The number of hydrogen-bond donors (Lipinski definition) is 2. The van der Waals surface area contributed by atoms with Gasteiger partial charge in [0.2, 0.25) is 10.0 Å². The predicted molar refractivity (Wildman–Crippen MR) is 68.4 cm³/mol. The van der Waals surface area contributed by atoms with Gasteiger partial charge in [-0.3, -0.25) is 4.79 Å². The van der Waals surface area contributed by atoms with E-state index in [-0.39, 0.29) is 11.7 Å². The molecule has 1 rings (SSSR count). The van der Waals surface area contributed by atoms with Crippen molar-refractivity contribution in [3.05, 3.63) is 35.6 Å². The first-order chi connectivity index (χ1) is 8.71. The van der Waals surface area contributed by atoms with Gasteiger partial charge < -0.3 is 5.11 Å². The molecule has 0 spiro atoms. The van der Waals surface area contributed by atoms with Crippen molar-refractivity contribution in [3.63, 3.8) is 0 Å². The first-order valence-electron chi connectivity index (χ1n) is 5.68. The van der Waals surface area contributed by atoms with E-state index < -0.39 is 27.9 Å². The quantitative estimate of drug-likeness (QED) is 0.828. The van der Waals surface area contributed by atoms with Crippen LogP contribution in [0.25, 0.3) is 0 Å². The van der Waals surface area contributed by atoms with Crippen molar-refractivity contribution >= 4 is 16.0 Å². The highest BCUT2D eigenvalue weighted by atomic mass is 32.2. The van der Waals surface area contributed by atoms with E-state index >= 15 is 0 Å². The molecule has 0 saturated carbocycles. The molecule has 0 heterocycles. The molecule has 0 aliphatic carbocycles. The molecule has 7 heteroatoms. The summed E-state index contributed by atoms with van der Waals surface area (Å²) >= 11 is 0. The minimum Gasteiger partial charge on any atom is -0.480 e. The Kier molecular flexibility index (Phi) is 5.02. The minimum atomic E-state index is -3.79. The number of sulfonamides is 1. The summed E-state index contributed by atoms with van der Waals surface area (Å²) in [5, 5.41) is 8.93. The number of rotatable bonds is 6. The number of benzene rings is 1. The molecule has 0 aliphatic heterocycles. The number of carboxylic acids is 1. The van der Waals surface area contributed by atoms with Gasteiger partial charge in [-0.1, -0.05) is 26.0 Å². The zero-order valence-electron chi connectivity index (χ0n) is 10.6. The molecule has 1 aromatic rings. The molecule has 106 valence electrons. The lowest BCUT2D eigenvalue weighted by Gasteiger charge is -2.17. The lowest BCUT2D eigenvalue weighted by Crippen LogP contribution is -2.44. The summed E-state index contributed by atoms with van der Waals surface area (Å²) in [6.07, 6.45) is 0. The molecule has 2 N–H and O–H groups in total. The molecule has 19 heavy (non-hydrogen) atoms. The fourth-order valence-electron chi connectivity index (χ4n) is 1.51. The Morgan fingerprint density at radius 2 is 1.84 bits per heavy atom. The lowest BCUT2D eigenvalue weighted by molar-refractivity contribution is -0.140. The molecule has 1 aromatic carbocycles. The Morgan fingerprint density at radius 3 is 2.26 bits per heavy atom. The van der Waals surface area contributed by atoms with Crippen LogP contribution in [-0.2, 0) is 20.6 Å². The number of nitrogens with one attached hydrogen (secondary N) is 1. The van der Waals surface area contributed by atoms with E-state index in [2.05, 4.69) is 4.72 Å². The van der Waals surface area contributed by atoms with Crippen LogP contribution in [0.1, 0.15) is 19.4 Å². The number of hydrogen-bond acceptors (Lipinski definition) is 3. The van der Waals surface area contributed by atoms with E-state index in [0.29, 0.717) is 5.56 Å². The summed E-state index contributed by atoms with van der Waals surface area (Å²) < 4.78 is 38.5. The first kappa shape index (κ1) is 15.6. The summed E-state index contributed by atoms with van der Waals surface area (Å²) in [6.45, 7) is 3.22. The summed E-state index contributed by atoms with van der Waals surface area (Å²) in [7, 11) is -3.79. The first-order valence-corrected chi connectivity index (χ1v) is 7.34. The Labute approximate surface area is 111 Å². The number of carbonyl (C=O) groups is 1. The van der Waals surface area contributed by atoms with Gasteiger partial charge in [0, 0.05) is 0 Å². The van der Waals surface area contributed by atoms with Gasteiger partial charge in [-0.2, -0.15) is 0 Å². The highest BCUT2D eigenvalue weighted by molar-refractivity contribution is 7.88. The maximum atomic E-state index is 12.7. The number of halogens is 1. The van der Waals surface area contributed by atoms with Gasteiger partial charge in [0.25, 0.3) is 0 Å². The van der Waals surface area contributed by atoms with Crippen LogP contribution >= 0.6 is 0 Å². The van der Waals surface area contributed by atoms with Crippen molar-refractivity contribution < 1.29 is 22.7 Å². The molecule has 0 radical (unpaired) electrons. The summed E-state index contributed by atoms with van der Waals surface area (Å²) in [5.74, 6) is -2.44. The fourth-order valence-corrected chi connectivity index (χ4v) is 2.98. The van der Waals surface area contributed by atoms with E-state index in [9.17, 15) is 17.6 Å². The van der Waals surface area contributed by atoms with Gasteiger partial charge >= 0.3 is 5.97 Å². The Morgan fingerprint density at radius 1 is 1.32 bits per heavy atom. The van der Waals surface area contributed by atoms with E-state index in [1.54, 1.807) is 13.8 Å². The van der Waals surface area contributed by atoms with Crippen LogP contribution in [0.3, 0.4) is 0 Å². The Balaban J connectivity index is 2.81. The predicted octanol–water partition coefficient (Wildman–Crippen LogP) is 1.35. The van der Waals surface area contributed by atoms with Crippen LogP contribution in [0.4, 0.5) is 4.39 Å². The smallest absolute Gasteiger partial charge is 0.321 e. The molecule has 0 bridgehead atoms. The molecule has 0 amide bonds. The van der Waals surface area contributed by atoms with Crippen molar-refractivity contribution in [1.29, 1.82) is 0 Å². The van der Waals surface area contributed by atoms with Gasteiger partial charge in [0.1, 0.15) is 11.9 Å². The highest BCUT2D eigenvalue weighted by Gasteiger charge is 2.26. The van der Waals surface area contributed by atoms with Gasteiger partial charge in [0.15, 0.2) is 0 Å². The van der Waals surface area contributed by atoms with Crippen molar-refractivity contribution in [2.24, 2.45) is 5.92 Å². The zero-order valence-corrected chi connectivity index (χ0v) is 11.4. The maximum absolute atomic E-state index is 12.7. The van der Waals surface area contributed by atoms with Crippen molar-refractivity contribution in [2.45, 2.75) is 25.6 Å². The largest absolute Gasteiger partial charge is 0.480 e. The van der Waals surface area contributed by atoms with Crippen LogP contribution in [0.5, 0.6) is 0 Å². The second kappa shape index (κ2) is 6.12. The molecule has 0 aliphatic rings. The van der Waals surface area contributed by atoms with Gasteiger partial charge in [-0.25, -0.2) is 17.5 Å². The average Bonchev–Trinajstić information content (AvgIpc) is 2.28. The van der Waals surface area contributed by atoms with E-state index in [0.717, 1.165) is 12.1 Å². The van der Waals surface area contributed by atoms with E-state index in [1.807, 2.05) is 0 Å². The zero-order chi connectivity index (χ0) is 14.6. The topological polar surface area (TPSA) is 83.5 Å². The molecule has 0 saturated heterocycles. The Bertz CT molecular complexity index is 539. The minimum absolute atomic E-state index is 0.375. The molecular formula is C12H16FNO4S. The van der Waals surface area contributed by atoms with Crippen LogP contribution in [0, 0.1) is 11.7 Å². The van der Waals surface area contributed by atoms with Crippen molar-refractivity contribution in [2.75, 3.05) is 0 Å². The van der Waals surface area contributed by atoms with Gasteiger partial charge in [-0.05, 0) is 23.6 Å². The second-order valence-electron chi connectivity index (χ2n) is 4.56. The Hall–Kier alpha value is -1.47. The molecule has 0 fully saturated rings. The van der Waals surface area contributed by atoms with Gasteiger partial charge in [0.05, 0.1) is 5.75 Å². The second-order valence-corrected chi connectivity index (χ2v) is 6.32. The van der Waals surface area contributed by atoms with Crippen LogP contribution in [0.2, 0.25) is 0 Å². The normalized spacial score (nSPS) is 13.5. The van der Waals surface area contributed by atoms with Crippen molar-refractivity contribution in [3.8, 4) is 0 Å². The standard InChI is InChI=1S/C12H16FNO4S/c1-8(2)11(12(15)16)14-19(17,18)7-9-3-5-10(13)6-4-9/h3-6,8,11,14H,7H2,1-2H3,(H,15,16)/t11-/m0/s1. The van der Waals surface area contributed by atoms with Crippen molar-refractivity contribution in [1.82, 2.24) is 4.72 Å². The van der Waals surface area contributed by atoms with Crippen LogP contribution < -0.4 is 4.72 Å². The molecule has 0 aromatic heterocycles. The van der Waals surface area contributed by atoms with Crippen LogP contribution in [0.15, 0.2) is 24.3 Å². The monoisotopic (exact) mass is 289 g/mol. The molecular weight excluding hydrogens is 273 g/mol. The summed E-state index contributed by atoms with van der Waals surface area (Å²) in [4.78, 5) is 10.9. The maximum Gasteiger partial charge on any atom is 0.321 e. The lowest BCUT2D eigenvalue weighted by atomic mass is 10.1. The summed E-state index contributed by atoms with van der Waals surface area (Å²) in [6, 6.07) is 3.83. The van der Waals surface area contributed by atoms with Gasteiger partial charge in [-0.15, -0.1) is 0 Å². The SMILES string of the molecule is CC(C)[C@H](NS(=O)(=O)Cc1ccc(F)cc1)C(=O)O. The molecule has 0 unspecified atom stereocenters. The fraction of sp³-hybridized carbons (Fsp3) is 0.417. The third-order valence-corrected chi connectivity index (χ3v) is 3.84. The molecule has 1 atom stereocenters. The third kappa shape index (κ3) is 4.96. The third-order valence-electron chi connectivity index (χ3n) is 2.51. The van der Waals surface area contributed by atoms with E-state index in [1.165, 1.54) is 12.1 Å². The average molecular weight is 289 g/mol. The number of carboxylic acid groups (broad SMARTS) is 1. The summed E-state index contributed by atoms with van der Waals surface area (Å²) in [5.41, 5.74) is 0.391. The van der Waals surface area contributed by atoms with Crippen LogP contribution in [-0.4, -0.2) is 25.5 Å². The molecule has 5 nitrogen and oxygen atoms in total. The number of aliphatic carboxylic acids is 1.